The molecule has 0 radical (unpaired) electrons. The van der Waals surface area contributed by atoms with Crippen LogP contribution >= 0.6 is 11.8 Å². The van der Waals surface area contributed by atoms with Crippen LogP contribution < -0.4 is 0 Å². The van der Waals surface area contributed by atoms with Crippen molar-refractivity contribution in [3.8, 4) is 0 Å². The van der Waals surface area contributed by atoms with Gasteiger partial charge in [-0.15, -0.1) is 0 Å². The number of aryl methyl sites for hydroxylation is 1. The van der Waals surface area contributed by atoms with Crippen molar-refractivity contribution < 1.29 is 14.3 Å². The Balaban J connectivity index is 2.14. The molecule has 0 amide bonds. The molecule has 1 N–H and O–H groups in total. The molecule has 0 aromatic carbocycles. The first kappa shape index (κ1) is 10.6. The van der Waals surface area contributed by atoms with Gasteiger partial charge in [0, 0.05) is 24.2 Å². The number of rotatable bonds is 3. The van der Waals surface area contributed by atoms with Gasteiger partial charge in [0.25, 0.3) is 5.22 Å². The van der Waals surface area contributed by atoms with E-state index in [1.165, 1.54) is 0 Å². The fourth-order valence-electron chi connectivity index (χ4n) is 0.914. The summed E-state index contributed by atoms with van der Waals surface area (Å²) in [5, 5.41) is 9.31. The zero-order valence-electron chi connectivity index (χ0n) is 8.25. The Kier molecular flexibility index (Phi) is 2.86. The van der Waals surface area contributed by atoms with Crippen molar-refractivity contribution in [3.63, 3.8) is 0 Å². The molecule has 16 heavy (non-hydrogen) atoms. The van der Waals surface area contributed by atoms with Crippen LogP contribution in [0.4, 0.5) is 0 Å². The molecule has 0 saturated heterocycles. The third kappa shape index (κ3) is 2.37. The van der Waals surface area contributed by atoms with E-state index in [9.17, 15) is 4.79 Å². The van der Waals surface area contributed by atoms with E-state index < -0.39 is 5.97 Å². The third-order valence-corrected chi connectivity index (χ3v) is 2.39. The molecule has 0 aliphatic rings. The third-order valence-electron chi connectivity index (χ3n) is 1.64. The molecular weight excluding hydrogens is 230 g/mol. The van der Waals surface area contributed by atoms with Gasteiger partial charge in [-0.2, -0.15) is 4.98 Å². The first-order chi connectivity index (χ1) is 7.65. The van der Waals surface area contributed by atoms with Gasteiger partial charge in [-0.25, -0.2) is 14.8 Å². The maximum absolute atomic E-state index is 10.5. The first-order valence-electron chi connectivity index (χ1n) is 4.30. The van der Waals surface area contributed by atoms with Crippen LogP contribution in [-0.2, 0) is 0 Å². The van der Waals surface area contributed by atoms with Crippen LogP contribution in [0.2, 0.25) is 0 Å². The Morgan fingerprint density at radius 3 is 2.69 bits per heavy atom. The minimum atomic E-state index is -1.12. The standard InChI is InChI=1S/C9H7N3O3S/c1-5-2-10-8(11-3-5)16-9-12-6(4-15-9)7(13)14/h2-4H,1H3,(H,13,14). The largest absolute Gasteiger partial charge is 0.476 e. The average molecular weight is 237 g/mol. The van der Waals surface area contributed by atoms with Crippen LogP contribution in [-0.4, -0.2) is 26.0 Å². The van der Waals surface area contributed by atoms with Gasteiger partial charge in [-0.3, -0.25) is 0 Å². The summed E-state index contributed by atoms with van der Waals surface area (Å²) in [6, 6.07) is 0. The van der Waals surface area contributed by atoms with E-state index in [0.717, 1.165) is 23.6 Å². The Labute approximate surface area is 94.8 Å². The number of carbonyl (C=O) groups is 1. The van der Waals surface area contributed by atoms with E-state index in [1.54, 1.807) is 12.4 Å². The quantitative estimate of drug-likeness (QED) is 0.811. The van der Waals surface area contributed by atoms with Gasteiger partial charge in [-0.1, -0.05) is 0 Å². The minimum Gasteiger partial charge on any atom is -0.476 e. The zero-order valence-corrected chi connectivity index (χ0v) is 9.06. The number of nitrogens with zero attached hydrogens (tertiary/aromatic N) is 3. The van der Waals surface area contributed by atoms with Crippen molar-refractivity contribution in [1.82, 2.24) is 15.0 Å². The maximum atomic E-state index is 10.5. The Bertz CT molecular complexity index is 509. The van der Waals surface area contributed by atoms with Crippen LogP contribution in [0, 0.1) is 6.92 Å². The molecule has 0 fully saturated rings. The molecule has 6 nitrogen and oxygen atoms in total. The molecule has 2 aromatic rings. The maximum Gasteiger partial charge on any atom is 0.357 e. The number of aromatic nitrogens is 3. The van der Waals surface area contributed by atoms with E-state index in [-0.39, 0.29) is 10.9 Å². The van der Waals surface area contributed by atoms with Gasteiger partial charge < -0.3 is 9.52 Å². The molecule has 0 atom stereocenters. The molecule has 0 saturated carbocycles. The second kappa shape index (κ2) is 4.31. The van der Waals surface area contributed by atoms with Crippen LogP contribution in [0.25, 0.3) is 0 Å². The predicted octanol–water partition coefficient (Wildman–Crippen LogP) is 1.62. The highest BCUT2D eigenvalue weighted by Crippen LogP contribution is 2.23. The number of hydrogen-bond donors (Lipinski definition) is 1. The lowest BCUT2D eigenvalue weighted by molar-refractivity contribution is 0.0690. The van der Waals surface area contributed by atoms with Crippen molar-refractivity contribution in [2.45, 2.75) is 17.3 Å². The highest BCUT2D eigenvalue weighted by Gasteiger charge is 2.12. The van der Waals surface area contributed by atoms with E-state index in [0.29, 0.717) is 5.16 Å². The number of oxazole rings is 1. The van der Waals surface area contributed by atoms with E-state index >= 15 is 0 Å². The van der Waals surface area contributed by atoms with Crippen molar-refractivity contribution in [2.24, 2.45) is 0 Å². The normalized spacial score (nSPS) is 10.3. The second-order valence-corrected chi connectivity index (χ2v) is 3.87. The summed E-state index contributed by atoms with van der Waals surface area (Å²) in [5.41, 5.74) is 0.817. The van der Waals surface area contributed by atoms with E-state index in [4.69, 9.17) is 9.52 Å². The molecule has 0 aliphatic heterocycles. The van der Waals surface area contributed by atoms with Crippen LogP contribution in [0.5, 0.6) is 0 Å². The van der Waals surface area contributed by atoms with Crippen molar-refractivity contribution in [2.75, 3.05) is 0 Å². The summed E-state index contributed by atoms with van der Waals surface area (Å²) in [6.07, 6.45) is 4.41. The lowest BCUT2D eigenvalue weighted by Crippen LogP contribution is -1.95. The van der Waals surface area contributed by atoms with Gasteiger partial charge >= 0.3 is 5.97 Å². The van der Waals surface area contributed by atoms with Gasteiger partial charge in [-0.05, 0) is 12.5 Å². The van der Waals surface area contributed by atoms with Crippen molar-refractivity contribution >= 4 is 17.7 Å². The van der Waals surface area contributed by atoms with Gasteiger partial charge in [0.05, 0.1) is 0 Å². The molecule has 2 heterocycles. The Morgan fingerprint density at radius 1 is 1.44 bits per heavy atom. The number of carboxylic acid groups (broad SMARTS) is 1. The number of hydrogen-bond acceptors (Lipinski definition) is 6. The van der Waals surface area contributed by atoms with E-state index in [2.05, 4.69) is 15.0 Å². The Hall–Kier alpha value is -1.89. The summed E-state index contributed by atoms with van der Waals surface area (Å²) < 4.78 is 4.95. The molecule has 0 bridgehead atoms. The molecular formula is C9H7N3O3S. The molecule has 2 rings (SSSR count). The summed E-state index contributed by atoms with van der Waals surface area (Å²) in [4.78, 5) is 22.4. The van der Waals surface area contributed by atoms with Crippen LogP contribution in [0.15, 0.2) is 33.5 Å². The first-order valence-corrected chi connectivity index (χ1v) is 5.12. The molecule has 82 valence electrons. The number of aromatic carboxylic acids is 1. The van der Waals surface area contributed by atoms with Crippen molar-refractivity contribution in [3.05, 3.63) is 29.9 Å². The molecule has 2 aromatic heterocycles. The number of carboxylic acids is 1. The van der Waals surface area contributed by atoms with Gasteiger partial charge in [0.15, 0.2) is 10.9 Å². The summed E-state index contributed by atoms with van der Waals surface area (Å²) in [7, 11) is 0. The Morgan fingerprint density at radius 2 is 2.12 bits per heavy atom. The van der Waals surface area contributed by atoms with E-state index in [1.807, 2.05) is 6.92 Å². The monoisotopic (exact) mass is 237 g/mol. The summed E-state index contributed by atoms with van der Waals surface area (Å²) in [5.74, 6) is -1.12. The van der Waals surface area contributed by atoms with Crippen LogP contribution in [0.3, 0.4) is 0 Å². The van der Waals surface area contributed by atoms with Gasteiger partial charge in [0.2, 0.25) is 0 Å². The smallest absolute Gasteiger partial charge is 0.357 e. The molecule has 0 unspecified atom stereocenters. The minimum absolute atomic E-state index is 0.130. The SMILES string of the molecule is Cc1cnc(Sc2nc(C(=O)O)co2)nc1. The second-order valence-electron chi connectivity index (χ2n) is 2.95. The predicted molar refractivity (Wildman–Crippen MR) is 54.4 cm³/mol. The summed E-state index contributed by atoms with van der Waals surface area (Å²) in [6.45, 7) is 1.88. The summed E-state index contributed by atoms with van der Waals surface area (Å²) >= 11 is 1.07. The highest BCUT2D eigenvalue weighted by atomic mass is 32.2. The fraction of sp³-hybridized carbons (Fsp3) is 0.111. The van der Waals surface area contributed by atoms with Crippen LogP contribution in [0.1, 0.15) is 16.1 Å². The zero-order chi connectivity index (χ0) is 11.5. The van der Waals surface area contributed by atoms with Crippen molar-refractivity contribution in [1.29, 1.82) is 0 Å². The van der Waals surface area contributed by atoms with Gasteiger partial charge in [0.1, 0.15) is 6.26 Å². The fourth-order valence-corrected chi connectivity index (χ4v) is 1.52. The highest BCUT2D eigenvalue weighted by molar-refractivity contribution is 7.98. The average Bonchev–Trinajstić information content (AvgIpc) is 2.70. The lowest BCUT2D eigenvalue weighted by Gasteiger charge is -1.94. The molecule has 0 aliphatic carbocycles. The topological polar surface area (TPSA) is 89.1 Å². The lowest BCUT2D eigenvalue weighted by atomic mass is 10.4. The molecule has 7 heteroatoms. The molecule has 0 spiro atoms.